The van der Waals surface area contributed by atoms with Gasteiger partial charge in [-0.15, -0.1) is 0 Å². The summed E-state index contributed by atoms with van der Waals surface area (Å²) in [5.41, 5.74) is 8.32. The lowest BCUT2D eigenvalue weighted by atomic mass is 9.81. The molecule has 0 amide bonds. The number of hydrogen-bond donors (Lipinski definition) is 1. The first-order chi connectivity index (χ1) is 9.86. The van der Waals surface area contributed by atoms with E-state index in [1.807, 2.05) is 24.3 Å². The lowest BCUT2D eigenvalue weighted by molar-refractivity contribution is 0.494. The average Bonchev–Trinajstić information content (AvgIpc) is 2.49. The van der Waals surface area contributed by atoms with Gasteiger partial charge in [-0.3, -0.25) is 0 Å². The van der Waals surface area contributed by atoms with Crippen molar-refractivity contribution in [1.29, 1.82) is 0 Å². The first-order valence-corrected chi connectivity index (χ1v) is 7.16. The Morgan fingerprint density at radius 3 is 2.24 bits per heavy atom. The van der Waals surface area contributed by atoms with E-state index in [9.17, 15) is 8.78 Å². The van der Waals surface area contributed by atoms with E-state index in [0.717, 1.165) is 18.1 Å². The Bertz CT molecular complexity index is 618. The monoisotopic (exact) mass is 289 g/mol. The molecule has 2 rings (SSSR count). The molecule has 0 spiro atoms. The molecule has 21 heavy (non-hydrogen) atoms. The molecule has 0 saturated carbocycles. The van der Waals surface area contributed by atoms with Crippen LogP contribution in [0.25, 0.3) is 0 Å². The maximum absolute atomic E-state index is 13.8. The standard InChI is InChI=1S/C18H21F2N/c1-4-18(2,3)13-10-8-12(9-11-13)17(21)14-6-5-7-15(19)16(14)20/h5-11,17H,4,21H2,1-3H3. The fourth-order valence-electron chi connectivity index (χ4n) is 2.29. The topological polar surface area (TPSA) is 26.0 Å². The van der Waals surface area contributed by atoms with Gasteiger partial charge in [-0.2, -0.15) is 0 Å². The smallest absolute Gasteiger partial charge is 0.163 e. The van der Waals surface area contributed by atoms with Crippen LogP contribution in [0.5, 0.6) is 0 Å². The van der Waals surface area contributed by atoms with E-state index in [1.165, 1.54) is 17.7 Å². The lowest BCUT2D eigenvalue weighted by Crippen LogP contribution is -2.17. The number of benzene rings is 2. The average molecular weight is 289 g/mol. The van der Waals surface area contributed by atoms with E-state index in [1.54, 1.807) is 0 Å². The van der Waals surface area contributed by atoms with Crippen molar-refractivity contribution < 1.29 is 8.78 Å². The van der Waals surface area contributed by atoms with Crippen LogP contribution in [0.1, 0.15) is 49.9 Å². The van der Waals surface area contributed by atoms with Gasteiger partial charge in [0, 0.05) is 5.56 Å². The predicted molar refractivity (Wildman–Crippen MR) is 82.1 cm³/mol. The van der Waals surface area contributed by atoms with Crippen molar-refractivity contribution in [2.45, 2.75) is 38.6 Å². The SMILES string of the molecule is CCC(C)(C)c1ccc(C(N)c2cccc(F)c2F)cc1. The van der Waals surface area contributed by atoms with Gasteiger partial charge in [-0.1, -0.05) is 57.2 Å². The molecule has 2 aromatic carbocycles. The van der Waals surface area contributed by atoms with E-state index in [2.05, 4.69) is 20.8 Å². The molecule has 1 atom stereocenters. The molecule has 0 aliphatic carbocycles. The summed E-state index contributed by atoms with van der Waals surface area (Å²) < 4.78 is 27.1. The Labute approximate surface area is 124 Å². The molecule has 112 valence electrons. The summed E-state index contributed by atoms with van der Waals surface area (Å²) in [5.74, 6) is -1.74. The zero-order valence-electron chi connectivity index (χ0n) is 12.7. The molecule has 0 heterocycles. The van der Waals surface area contributed by atoms with Crippen molar-refractivity contribution in [2.24, 2.45) is 5.73 Å². The molecule has 1 unspecified atom stereocenters. The van der Waals surface area contributed by atoms with Gasteiger partial charge < -0.3 is 5.73 Å². The molecular formula is C18H21F2N. The van der Waals surface area contributed by atoms with E-state index in [-0.39, 0.29) is 11.0 Å². The number of nitrogens with two attached hydrogens (primary N) is 1. The highest BCUT2D eigenvalue weighted by molar-refractivity contribution is 5.36. The van der Waals surface area contributed by atoms with Gasteiger partial charge in [-0.25, -0.2) is 8.78 Å². The van der Waals surface area contributed by atoms with Crippen molar-refractivity contribution in [3.8, 4) is 0 Å². The van der Waals surface area contributed by atoms with E-state index in [0.29, 0.717) is 0 Å². The minimum atomic E-state index is -0.872. The maximum Gasteiger partial charge on any atom is 0.163 e. The molecule has 0 aliphatic heterocycles. The minimum absolute atomic E-state index is 0.0900. The van der Waals surface area contributed by atoms with Gasteiger partial charge in [0.05, 0.1) is 6.04 Å². The zero-order chi connectivity index (χ0) is 15.6. The van der Waals surface area contributed by atoms with Gasteiger partial charge in [0.25, 0.3) is 0 Å². The molecule has 2 N–H and O–H groups in total. The predicted octanol–water partition coefficient (Wildman–Crippen LogP) is 4.70. The number of rotatable bonds is 4. The van der Waals surface area contributed by atoms with Crippen molar-refractivity contribution in [1.82, 2.24) is 0 Å². The first-order valence-electron chi connectivity index (χ1n) is 7.16. The molecule has 0 saturated heterocycles. The molecule has 1 nitrogen and oxygen atoms in total. The van der Waals surface area contributed by atoms with Crippen LogP contribution in [-0.4, -0.2) is 0 Å². The summed E-state index contributed by atoms with van der Waals surface area (Å²) in [7, 11) is 0. The van der Waals surface area contributed by atoms with E-state index < -0.39 is 17.7 Å². The maximum atomic E-state index is 13.8. The normalized spacial score (nSPS) is 13.2. The van der Waals surface area contributed by atoms with Crippen LogP contribution >= 0.6 is 0 Å². The van der Waals surface area contributed by atoms with Crippen LogP contribution in [-0.2, 0) is 5.41 Å². The van der Waals surface area contributed by atoms with Crippen LogP contribution in [0.3, 0.4) is 0 Å². The molecule has 3 heteroatoms. The van der Waals surface area contributed by atoms with Crippen LogP contribution in [0.2, 0.25) is 0 Å². The molecule has 0 aromatic heterocycles. The second-order valence-corrected chi connectivity index (χ2v) is 5.98. The Kier molecular flexibility index (Phi) is 4.43. The fraction of sp³-hybridized carbons (Fsp3) is 0.333. The Hall–Kier alpha value is -1.74. The molecule has 2 aromatic rings. The Morgan fingerprint density at radius 1 is 1.05 bits per heavy atom. The summed E-state index contributed by atoms with van der Waals surface area (Å²) in [6.45, 7) is 6.49. The Balaban J connectivity index is 2.32. The zero-order valence-corrected chi connectivity index (χ0v) is 12.7. The van der Waals surface area contributed by atoms with Crippen LogP contribution in [0.4, 0.5) is 8.78 Å². The third-order valence-corrected chi connectivity index (χ3v) is 4.25. The summed E-state index contributed by atoms with van der Waals surface area (Å²) in [6, 6.07) is 11.2. The lowest BCUT2D eigenvalue weighted by Gasteiger charge is -2.24. The fourth-order valence-corrected chi connectivity index (χ4v) is 2.29. The van der Waals surface area contributed by atoms with Gasteiger partial charge in [0.2, 0.25) is 0 Å². The highest BCUT2D eigenvalue weighted by Crippen LogP contribution is 2.29. The quantitative estimate of drug-likeness (QED) is 0.867. The van der Waals surface area contributed by atoms with Crippen LogP contribution in [0.15, 0.2) is 42.5 Å². The van der Waals surface area contributed by atoms with Crippen molar-refractivity contribution in [3.63, 3.8) is 0 Å². The first kappa shape index (κ1) is 15.6. The Morgan fingerprint density at radius 2 is 1.67 bits per heavy atom. The van der Waals surface area contributed by atoms with Crippen molar-refractivity contribution >= 4 is 0 Å². The highest BCUT2D eigenvalue weighted by atomic mass is 19.2. The molecule has 0 bridgehead atoms. The van der Waals surface area contributed by atoms with E-state index in [4.69, 9.17) is 5.73 Å². The van der Waals surface area contributed by atoms with Gasteiger partial charge in [0.1, 0.15) is 0 Å². The second-order valence-electron chi connectivity index (χ2n) is 5.98. The highest BCUT2D eigenvalue weighted by Gasteiger charge is 2.20. The summed E-state index contributed by atoms with van der Waals surface area (Å²) in [5, 5.41) is 0. The van der Waals surface area contributed by atoms with Gasteiger partial charge >= 0.3 is 0 Å². The second kappa shape index (κ2) is 5.94. The van der Waals surface area contributed by atoms with Gasteiger partial charge in [0.15, 0.2) is 11.6 Å². The van der Waals surface area contributed by atoms with Gasteiger partial charge in [-0.05, 0) is 29.0 Å². The van der Waals surface area contributed by atoms with E-state index >= 15 is 0 Å². The number of hydrogen-bond acceptors (Lipinski definition) is 1. The van der Waals surface area contributed by atoms with Crippen LogP contribution < -0.4 is 5.73 Å². The number of halogens is 2. The summed E-state index contributed by atoms with van der Waals surface area (Å²) in [6.07, 6.45) is 1.02. The van der Waals surface area contributed by atoms with Crippen molar-refractivity contribution in [2.75, 3.05) is 0 Å². The third kappa shape index (κ3) is 3.13. The van der Waals surface area contributed by atoms with Crippen molar-refractivity contribution in [3.05, 3.63) is 70.8 Å². The minimum Gasteiger partial charge on any atom is -0.320 e. The summed E-state index contributed by atoms with van der Waals surface area (Å²) in [4.78, 5) is 0. The molecule has 0 radical (unpaired) electrons. The third-order valence-electron chi connectivity index (χ3n) is 4.25. The molecule has 0 fully saturated rings. The molecular weight excluding hydrogens is 268 g/mol. The molecule has 0 aliphatic rings. The summed E-state index contributed by atoms with van der Waals surface area (Å²) >= 11 is 0. The van der Waals surface area contributed by atoms with Crippen LogP contribution in [0, 0.1) is 11.6 Å². The largest absolute Gasteiger partial charge is 0.320 e.